The van der Waals surface area contributed by atoms with E-state index in [2.05, 4.69) is 17.2 Å². The number of hydrogen-bond acceptors (Lipinski definition) is 3. The van der Waals surface area contributed by atoms with Crippen molar-refractivity contribution in [3.8, 4) is 0 Å². The first-order chi connectivity index (χ1) is 10.1. The lowest BCUT2D eigenvalue weighted by Crippen LogP contribution is -2.19. The van der Waals surface area contributed by atoms with Gasteiger partial charge in [0.1, 0.15) is 5.82 Å². The van der Waals surface area contributed by atoms with E-state index in [-0.39, 0.29) is 5.82 Å². The number of nitrogens with zero attached hydrogens (tertiary/aromatic N) is 2. The summed E-state index contributed by atoms with van der Waals surface area (Å²) in [6.07, 6.45) is 2.95. The molecular weight excluding hydrogens is 265 g/mol. The van der Waals surface area contributed by atoms with Crippen molar-refractivity contribution in [1.29, 1.82) is 0 Å². The van der Waals surface area contributed by atoms with Crippen molar-refractivity contribution >= 4 is 11.4 Å². The molecule has 0 radical (unpaired) electrons. The molecular formula is C17H22FN3. The molecule has 1 aromatic heterocycles. The fraction of sp³-hybridized carbons (Fsp3) is 0.353. The highest BCUT2D eigenvalue weighted by Crippen LogP contribution is 2.29. The van der Waals surface area contributed by atoms with Crippen molar-refractivity contribution in [2.45, 2.75) is 26.8 Å². The highest BCUT2D eigenvalue weighted by atomic mass is 19.1. The summed E-state index contributed by atoms with van der Waals surface area (Å²) >= 11 is 0. The number of rotatable bonds is 6. The molecule has 0 aliphatic carbocycles. The van der Waals surface area contributed by atoms with Gasteiger partial charge in [-0.15, -0.1) is 0 Å². The van der Waals surface area contributed by atoms with Crippen molar-refractivity contribution < 1.29 is 4.39 Å². The van der Waals surface area contributed by atoms with Gasteiger partial charge in [0.25, 0.3) is 0 Å². The zero-order valence-corrected chi connectivity index (χ0v) is 12.9. The van der Waals surface area contributed by atoms with Crippen molar-refractivity contribution in [2.24, 2.45) is 0 Å². The number of aryl methyl sites for hydroxylation is 1. The van der Waals surface area contributed by atoms with Gasteiger partial charge in [0.2, 0.25) is 0 Å². The standard InChI is InChI=1S/C17H22FN3/c1-4-9-19-11-14-12-20-13(2)10-17(14)21(3)16-8-6-5-7-15(16)18/h5-8,10,12,19H,4,9,11H2,1-3H3. The molecule has 0 saturated carbocycles. The molecule has 0 amide bonds. The van der Waals surface area contributed by atoms with Crippen LogP contribution in [0.2, 0.25) is 0 Å². The minimum Gasteiger partial charge on any atom is -0.342 e. The molecule has 2 rings (SSSR count). The molecule has 1 aromatic carbocycles. The molecule has 0 atom stereocenters. The molecule has 21 heavy (non-hydrogen) atoms. The lowest BCUT2D eigenvalue weighted by molar-refractivity contribution is 0.627. The summed E-state index contributed by atoms with van der Waals surface area (Å²) < 4.78 is 14.0. The summed E-state index contributed by atoms with van der Waals surface area (Å²) in [5.74, 6) is -0.220. The van der Waals surface area contributed by atoms with Crippen molar-refractivity contribution in [3.63, 3.8) is 0 Å². The Balaban J connectivity index is 2.32. The van der Waals surface area contributed by atoms with E-state index in [1.165, 1.54) is 6.07 Å². The minimum absolute atomic E-state index is 0.220. The van der Waals surface area contributed by atoms with Gasteiger partial charge in [0.15, 0.2) is 0 Å². The van der Waals surface area contributed by atoms with Crippen molar-refractivity contribution in [3.05, 3.63) is 53.6 Å². The maximum atomic E-state index is 14.0. The second-order valence-electron chi connectivity index (χ2n) is 5.14. The smallest absolute Gasteiger partial charge is 0.146 e. The number of para-hydroxylation sites is 1. The van der Waals surface area contributed by atoms with Crippen LogP contribution in [0.3, 0.4) is 0 Å². The maximum Gasteiger partial charge on any atom is 0.146 e. The van der Waals surface area contributed by atoms with Gasteiger partial charge < -0.3 is 10.2 Å². The number of hydrogen-bond donors (Lipinski definition) is 1. The third kappa shape index (κ3) is 3.79. The quantitative estimate of drug-likeness (QED) is 0.819. The number of benzene rings is 1. The first-order valence-corrected chi connectivity index (χ1v) is 7.28. The van der Waals surface area contributed by atoms with E-state index >= 15 is 0 Å². The Morgan fingerprint density at radius 2 is 2.00 bits per heavy atom. The van der Waals surface area contributed by atoms with Crippen LogP contribution in [0, 0.1) is 12.7 Å². The average Bonchev–Trinajstić information content (AvgIpc) is 2.49. The van der Waals surface area contributed by atoms with Crippen LogP contribution in [-0.2, 0) is 6.54 Å². The van der Waals surface area contributed by atoms with Gasteiger partial charge in [-0.3, -0.25) is 4.98 Å². The topological polar surface area (TPSA) is 28.2 Å². The summed E-state index contributed by atoms with van der Waals surface area (Å²) in [4.78, 5) is 6.24. The van der Waals surface area contributed by atoms with Crippen LogP contribution in [0.15, 0.2) is 36.5 Å². The van der Waals surface area contributed by atoms with Gasteiger partial charge in [-0.2, -0.15) is 0 Å². The van der Waals surface area contributed by atoms with E-state index in [0.717, 1.165) is 36.5 Å². The predicted octanol–water partition coefficient (Wildman–Crippen LogP) is 3.80. The van der Waals surface area contributed by atoms with Gasteiger partial charge in [0, 0.05) is 36.7 Å². The Labute approximate surface area is 125 Å². The Hall–Kier alpha value is -1.94. The molecule has 0 saturated heterocycles. The average molecular weight is 287 g/mol. The van der Waals surface area contributed by atoms with Crippen molar-refractivity contribution in [1.82, 2.24) is 10.3 Å². The number of halogens is 1. The molecule has 2 aromatic rings. The molecule has 4 heteroatoms. The number of pyridine rings is 1. The monoisotopic (exact) mass is 287 g/mol. The number of nitrogens with one attached hydrogen (secondary N) is 1. The fourth-order valence-corrected chi connectivity index (χ4v) is 2.28. The van der Waals surface area contributed by atoms with Gasteiger partial charge in [0.05, 0.1) is 5.69 Å². The Morgan fingerprint density at radius 1 is 1.24 bits per heavy atom. The van der Waals surface area contributed by atoms with Gasteiger partial charge >= 0.3 is 0 Å². The van der Waals surface area contributed by atoms with Crippen LogP contribution in [0.4, 0.5) is 15.8 Å². The SMILES string of the molecule is CCCNCc1cnc(C)cc1N(C)c1ccccc1F. The van der Waals surface area contributed by atoms with Crippen LogP contribution in [0.5, 0.6) is 0 Å². The zero-order chi connectivity index (χ0) is 15.2. The summed E-state index contributed by atoms with van der Waals surface area (Å²) in [6.45, 7) is 5.76. The molecule has 0 aliphatic rings. The molecule has 1 N–H and O–H groups in total. The Bertz CT molecular complexity index is 598. The highest BCUT2D eigenvalue weighted by molar-refractivity contribution is 5.66. The van der Waals surface area contributed by atoms with E-state index in [9.17, 15) is 4.39 Å². The van der Waals surface area contributed by atoms with Gasteiger partial charge in [-0.25, -0.2) is 4.39 Å². The molecule has 1 heterocycles. The van der Waals surface area contributed by atoms with E-state index in [0.29, 0.717) is 5.69 Å². The van der Waals surface area contributed by atoms with E-state index < -0.39 is 0 Å². The maximum absolute atomic E-state index is 14.0. The minimum atomic E-state index is -0.220. The fourth-order valence-electron chi connectivity index (χ4n) is 2.28. The lowest BCUT2D eigenvalue weighted by atomic mass is 10.1. The molecule has 0 fully saturated rings. The first-order valence-electron chi connectivity index (χ1n) is 7.28. The molecule has 0 bridgehead atoms. The van der Waals surface area contributed by atoms with Crippen LogP contribution in [0.1, 0.15) is 24.6 Å². The third-order valence-corrected chi connectivity index (χ3v) is 3.42. The van der Waals surface area contributed by atoms with Crippen LogP contribution >= 0.6 is 0 Å². The second-order valence-corrected chi connectivity index (χ2v) is 5.14. The molecule has 0 unspecified atom stereocenters. The molecule has 0 aliphatic heterocycles. The largest absolute Gasteiger partial charge is 0.342 e. The van der Waals surface area contributed by atoms with Gasteiger partial charge in [-0.05, 0) is 38.1 Å². The Morgan fingerprint density at radius 3 is 2.71 bits per heavy atom. The highest BCUT2D eigenvalue weighted by Gasteiger charge is 2.13. The van der Waals surface area contributed by atoms with E-state index in [1.807, 2.05) is 37.2 Å². The summed E-state index contributed by atoms with van der Waals surface area (Å²) in [5.41, 5.74) is 3.54. The second kappa shape index (κ2) is 7.18. The normalized spacial score (nSPS) is 10.7. The number of aromatic nitrogens is 1. The summed E-state index contributed by atoms with van der Waals surface area (Å²) in [5, 5.41) is 3.37. The molecule has 3 nitrogen and oxygen atoms in total. The van der Waals surface area contributed by atoms with Gasteiger partial charge in [-0.1, -0.05) is 19.1 Å². The van der Waals surface area contributed by atoms with E-state index in [1.54, 1.807) is 12.1 Å². The van der Waals surface area contributed by atoms with Crippen LogP contribution in [0.25, 0.3) is 0 Å². The van der Waals surface area contributed by atoms with Crippen LogP contribution in [-0.4, -0.2) is 18.6 Å². The van der Waals surface area contributed by atoms with Crippen molar-refractivity contribution in [2.75, 3.05) is 18.5 Å². The predicted molar refractivity (Wildman–Crippen MR) is 85.4 cm³/mol. The van der Waals surface area contributed by atoms with E-state index in [4.69, 9.17) is 0 Å². The van der Waals surface area contributed by atoms with Crippen LogP contribution < -0.4 is 10.2 Å². The molecule has 112 valence electrons. The number of anilines is 2. The first kappa shape index (κ1) is 15.4. The summed E-state index contributed by atoms with van der Waals surface area (Å²) in [6, 6.07) is 8.81. The summed E-state index contributed by atoms with van der Waals surface area (Å²) in [7, 11) is 1.89. The Kier molecular flexibility index (Phi) is 5.28. The zero-order valence-electron chi connectivity index (χ0n) is 12.9. The third-order valence-electron chi connectivity index (χ3n) is 3.42. The lowest BCUT2D eigenvalue weighted by Gasteiger charge is -2.23. The molecule has 0 spiro atoms.